The van der Waals surface area contributed by atoms with Gasteiger partial charge < -0.3 is 10.2 Å². The number of anilines is 1. The molecule has 0 bridgehead atoms. The summed E-state index contributed by atoms with van der Waals surface area (Å²) in [7, 11) is 1.96. The minimum Gasteiger partial charge on any atom is -0.353 e. The highest BCUT2D eigenvalue weighted by Crippen LogP contribution is 2.17. The number of nitrogens with zero attached hydrogens (tertiary/aromatic N) is 2. The number of hydrogen-bond acceptors (Lipinski definition) is 3. The van der Waals surface area contributed by atoms with Gasteiger partial charge in [-0.2, -0.15) is 0 Å². The molecule has 3 nitrogen and oxygen atoms in total. The van der Waals surface area contributed by atoms with Gasteiger partial charge in [0, 0.05) is 25.3 Å². The van der Waals surface area contributed by atoms with Crippen LogP contribution < -0.4 is 10.2 Å². The molecular weight excluding hydrogens is 198 g/mol. The molecule has 1 aromatic rings. The summed E-state index contributed by atoms with van der Waals surface area (Å²) >= 11 is 0. The first-order valence-corrected chi connectivity index (χ1v) is 5.72. The Morgan fingerprint density at radius 3 is 2.94 bits per heavy atom. The van der Waals surface area contributed by atoms with E-state index in [1.165, 1.54) is 5.56 Å². The highest BCUT2D eigenvalue weighted by atomic mass is 15.2. The van der Waals surface area contributed by atoms with E-state index in [1.54, 1.807) is 0 Å². The van der Waals surface area contributed by atoms with E-state index in [-0.39, 0.29) is 0 Å². The summed E-state index contributed by atoms with van der Waals surface area (Å²) in [5.41, 5.74) is 1.26. The van der Waals surface area contributed by atoms with E-state index in [0.717, 1.165) is 18.9 Å². The molecule has 1 rings (SSSR count). The van der Waals surface area contributed by atoms with Crippen LogP contribution in [-0.4, -0.2) is 25.1 Å². The Kier molecular flexibility index (Phi) is 4.99. The Bertz CT molecular complexity index is 336. The monoisotopic (exact) mass is 219 g/mol. The van der Waals surface area contributed by atoms with Crippen LogP contribution in [0.5, 0.6) is 0 Å². The predicted octanol–water partition coefficient (Wildman–Crippen LogP) is 2.37. The average molecular weight is 219 g/mol. The second-order valence-electron chi connectivity index (χ2n) is 3.79. The molecule has 1 atom stereocenters. The van der Waals surface area contributed by atoms with Gasteiger partial charge in [0.2, 0.25) is 0 Å². The van der Waals surface area contributed by atoms with Crippen LogP contribution >= 0.6 is 0 Å². The summed E-state index contributed by atoms with van der Waals surface area (Å²) in [5, 5.41) is 3.23. The normalized spacial score (nSPS) is 12.2. The second-order valence-corrected chi connectivity index (χ2v) is 3.79. The first-order chi connectivity index (χ1) is 7.72. The van der Waals surface area contributed by atoms with Crippen LogP contribution in [0.4, 0.5) is 5.82 Å². The minimum absolute atomic E-state index is 0.351. The number of aromatic nitrogens is 1. The molecular formula is C13H21N3. The highest BCUT2D eigenvalue weighted by Gasteiger charge is 2.07. The van der Waals surface area contributed by atoms with E-state index in [4.69, 9.17) is 0 Å². The zero-order valence-electron chi connectivity index (χ0n) is 10.4. The number of rotatable bonds is 6. The Morgan fingerprint density at radius 2 is 2.38 bits per heavy atom. The second kappa shape index (κ2) is 6.28. The molecule has 0 spiro atoms. The van der Waals surface area contributed by atoms with Crippen molar-refractivity contribution in [2.45, 2.75) is 19.9 Å². The molecule has 0 aromatic carbocycles. The third kappa shape index (κ3) is 3.07. The first-order valence-electron chi connectivity index (χ1n) is 5.72. The summed E-state index contributed by atoms with van der Waals surface area (Å²) in [6, 6.07) is 4.53. The molecule has 1 unspecified atom stereocenters. The summed E-state index contributed by atoms with van der Waals surface area (Å²) in [6.45, 7) is 9.81. The van der Waals surface area contributed by atoms with Crippen molar-refractivity contribution >= 4 is 5.82 Å². The van der Waals surface area contributed by atoms with Crippen molar-refractivity contribution in [2.75, 3.05) is 25.0 Å². The maximum Gasteiger partial charge on any atom is 0.129 e. The van der Waals surface area contributed by atoms with Gasteiger partial charge in [-0.3, -0.25) is 0 Å². The molecule has 0 saturated heterocycles. The zero-order valence-corrected chi connectivity index (χ0v) is 10.4. The maximum atomic E-state index is 4.40. The Morgan fingerprint density at radius 1 is 1.62 bits per heavy atom. The molecule has 0 aliphatic heterocycles. The lowest BCUT2D eigenvalue weighted by Gasteiger charge is -2.21. The van der Waals surface area contributed by atoms with Crippen LogP contribution in [0.1, 0.15) is 25.5 Å². The smallest absolute Gasteiger partial charge is 0.129 e. The van der Waals surface area contributed by atoms with Crippen LogP contribution in [0.25, 0.3) is 0 Å². The number of likely N-dealkylation sites (N-methyl/N-ethyl adjacent to an activating group) is 1. The van der Waals surface area contributed by atoms with Crippen LogP contribution in [0, 0.1) is 0 Å². The maximum absolute atomic E-state index is 4.40. The Hall–Kier alpha value is -1.35. The van der Waals surface area contributed by atoms with Crippen LogP contribution in [-0.2, 0) is 0 Å². The van der Waals surface area contributed by atoms with Crippen molar-refractivity contribution in [3.8, 4) is 0 Å². The summed E-state index contributed by atoms with van der Waals surface area (Å²) in [5.74, 6) is 1.02. The van der Waals surface area contributed by atoms with E-state index >= 15 is 0 Å². The van der Waals surface area contributed by atoms with Crippen molar-refractivity contribution in [2.24, 2.45) is 0 Å². The van der Waals surface area contributed by atoms with Crippen molar-refractivity contribution in [3.63, 3.8) is 0 Å². The van der Waals surface area contributed by atoms with Gasteiger partial charge in [-0.05, 0) is 38.6 Å². The van der Waals surface area contributed by atoms with Gasteiger partial charge in [0.05, 0.1) is 0 Å². The largest absolute Gasteiger partial charge is 0.353 e. The summed E-state index contributed by atoms with van der Waals surface area (Å²) < 4.78 is 0. The van der Waals surface area contributed by atoms with Crippen LogP contribution in [0.15, 0.2) is 31.0 Å². The summed E-state index contributed by atoms with van der Waals surface area (Å²) in [6.07, 6.45) is 3.77. The van der Waals surface area contributed by atoms with Crippen molar-refractivity contribution < 1.29 is 0 Å². The molecule has 0 amide bonds. The lowest BCUT2D eigenvalue weighted by molar-refractivity contribution is 0.651. The molecule has 1 aromatic heterocycles. The third-order valence-corrected chi connectivity index (χ3v) is 2.76. The number of pyridine rings is 1. The van der Waals surface area contributed by atoms with Crippen molar-refractivity contribution in [1.29, 1.82) is 0 Å². The van der Waals surface area contributed by atoms with Gasteiger partial charge in [0.15, 0.2) is 0 Å². The molecule has 1 N–H and O–H groups in total. The third-order valence-electron chi connectivity index (χ3n) is 2.76. The first kappa shape index (κ1) is 12.7. The molecule has 0 aliphatic carbocycles. The molecule has 3 heteroatoms. The van der Waals surface area contributed by atoms with E-state index in [1.807, 2.05) is 25.4 Å². The Labute approximate surface area is 98.2 Å². The fourth-order valence-electron chi connectivity index (χ4n) is 1.58. The van der Waals surface area contributed by atoms with E-state index in [2.05, 4.69) is 41.7 Å². The minimum atomic E-state index is 0.351. The average Bonchev–Trinajstić information content (AvgIpc) is 2.35. The van der Waals surface area contributed by atoms with E-state index in [9.17, 15) is 0 Å². The van der Waals surface area contributed by atoms with Crippen molar-refractivity contribution in [1.82, 2.24) is 10.3 Å². The summed E-state index contributed by atoms with van der Waals surface area (Å²) in [4.78, 5) is 6.59. The van der Waals surface area contributed by atoms with Gasteiger partial charge in [-0.1, -0.05) is 6.08 Å². The standard InChI is InChI=1S/C13H21N3/c1-5-9-16(6-2)13-10-12(7-8-15-13)11(3)14-4/h5,7-8,10-11,14H,1,6,9H2,2-4H3. The fourth-order valence-corrected chi connectivity index (χ4v) is 1.58. The van der Waals surface area contributed by atoms with E-state index < -0.39 is 0 Å². The molecule has 0 fully saturated rings. The molecule has 1 heterocycles. The van der Waals surface area contributed by atoms with Gasteiger partial charge in [0.1, 0.15) is 5.82 Å². The van der Waals surface area contributed by atoms with Gasteiger partial charge in [-0.25, -0.2) is 4.98 Å². The Balaban J connectivity index is 2.91. The van der Waals surface area contributed by atoms with Crippen molar-refractivity contribution in [3.05, 3.63) is 36.5 Å². The molecule has 88 valence electrons. The van der Waals surface area contributed by atoms with E-state index in [0.29, 0.717) is 6.04 Å². The highest BCUT2D eigenvalue weighted by molar-refractivity contribution is 5.42. The fraction of sp³-hybridized carbons (Fsp3) is 0.462. The predicted molar refractivity (Wildman–Crippen MR) is 69.8 cm³/mol. The van der Waals surface area contributed by atoms with Gasteiger partial charge in [-0.15, -0.1) is 6.58 Å². The van der Waals surface area contributed by atoms with Gasteiger partial charge >= 0.3 is 0 Å². The van der Waals surface area contributed by atoms with Crippen LogP contribution in [0.3, 0.4) is 0 Å². The van der Waals surface area contributed by atoms with Gasteiger partial charge in [0.25, 0.3) is 0 Å². The molecule has 0 saturated carbocycles. The zero-order chi connectivity index (χ0) is 12.0. The topological polar surface area (TPSA) is 28.2 Å². The lowest BCUT2D eigenvalue weighted by atomic mass is 10.1. The molecule has 0 aliphatic rings. The molecule has 16 heavy (non-hydrogen) atoms. The van der Waals surface area contributed by atoms with Crippen LogP contribution in [0.2, 0.25) is 0 Å². The quantitative estimate of drug-likeness (QED) is 0.745. The molecule has 0 radical (unpaired) electrons. The number of hydrogen-bond donors (Lipinski definition) is 1. The lowest BCUT2D eigenvalue weighted by Crippen LogP contribution is -2.24. The number of nitrogens with one attached hydrogen (secondary N) is 1. The SMILES string of the molecule is C=CCN(CC)c1cc(C(C)NC)ccn1.